The first-order chi connectivity index (χ1) is 18.9. The number of benzene rings is 3. The van der Waals surface area contributed by atoms with Crippen molar-refractivity contribution in [1.29, 1.82) is 0 Å². The number of aryl methyl sites for hydroxylation is 2. The zero-order valence-electron chi connectivity index (χ0n) is 21.9. The topological polar surface area (TPSA) is 7.94 Å². The molecule has 192 valence electrons. The zero-order chi connectivity index (χ0) is 26.6. The highest BCUT2D eigenvalue weighted by atomic mass is 127. The van der Waals surface area contributed by atoms with Gasteiger partial charge in [0.1, 0.15) is 0 Å². The molecule has 0 saturated heterocycles. The third-order valence-corrected chi connectivity index (χ3v) is 9.93. The van der Waals surface area contributed by atoms with E-state index in [4.69, 9.17) is 0 Å². The number of fused-ring (bicyclic) bond motifs is 9. The van der Waals surface area contributed by atoms with Crippen LogP contribution in [0.15, 0.2) is 89.6 Å². The molecule has 3 aromatic carbocycles. The molecule has 0 spiro atoms. The maximum Gasteiger partial charge on any atom is 0.737 e. The van der Waals surface area contributed by atoms with E-state index >= 15 is 8.63 Å². The first kappa shape index (κ1) is 23.6. The Balaban J connectivity index is 1.56. The van der Waals surface area contributed by atoms with Gasteiger partial charge in [-0.2, -0.15) is 0 Å². The fourth-order valence-electron chi connectivity index (χ4n) is 7.53. The average molecular weight is 626 g/mol. The van der Waals surface area contributed by atoms with Crippen molar-refractivity contribution in [3.05, 3.63) is 132 Å². The number of rotatable bonds is 1. The molecule has 0 saturated carbocycles. The van der Waals surface area contributed by atoms with Crippen LogP contribution in [0.3, 0.4) is 0 Å². The van der Waals surface area contributed by atoms with Gasteiger partial charge in [0.25, 0.3) is 0 Å². The SMILES string of the molecule is CC1=C2CCc3ccccc3C2=[N+]2C1=C(c1ccc(I)cc1)c1c(C)c3c(n1[B-]2(F)F)-c1ccccc1CC3. The standard InChI is InChI=1S/C33H26BF2IN2/c1-19-25-17-13-21-7-3-5-9-27(21)32(25)38-30(19)29(23-11-15-24(37)16-12-23)31-20(2)26-18-14-22-8-4-6-10-28(22)33(26)39(31)34(38,35)36/h3-12,15-16H,13-14,17-18H2,1-2H3. The third-order valence-electron chi connectivity index (χ3n) is 9.21. The summed E-state index contributed by atoms with van der Waals surface area (Å²) in [5, 5.41) is 0. The lowest BCUT2D eigenvalue weighted by Gasteiger charge is -2.35. The van der Waals surface area contributed by atoms with Crippen molar-refractivity contribution in [2.24, 2.45) is 0 Å². The van der Waals surface area contributed by atoms with Gasteiger partial charge < -0.3 is 17.6 Å². The maximum absolute atomic E-state index is 17.5. The third kappa shape index (κ3) is 3.04. The number of aromatic nitrogens is 1. The van der Waals surface area contributed by atoms with Gasteiger partial charge in [0.15, 0.2) is 11.4 Å². The lowest BCUT2D eigenvalue weighted by Crippen LogP contribution is -2.52. The lowest BCUT2D eigenvalue weighted by atomic mass is 9.82. The van der Waals surface area contributed by atoms with Crippen molar-refractivity contribution >= 4 is 40.8 Å². The highest BCUT2D eigenvalue weighted by molar-refractivity contribution is 14.1. The number of nitrogens with zero attached hydrogens (tertiary/aromatic N) is 2. The van der Waals surface area contributed by atoms with Crippen LogP contribution in [0.5, 0.6) is 0 Å². The van der Waals surface area contributed by atoms with Gasteiger partial charge in [0, 0.05) is 31.7 Å². The van der Waals surface area contributed by atoms with Crippen LogP contribution in [0.1, 0.15) is 52.4 Å². The quantitative estimate of drug-likeness (QED) is 0.150. The van der Waals surface area contributed by atoms with Gasteiger partial charge in [-0.3, -0.25) is 0 Å². The largest absolute Gasteiger partial charge is 0.737 e. The van der Waals surface area contributed by atoms with E-state index in [2.05, 4.69) is 72.8 Å². The monoisotopic (exact) mass is 626 g/mol. The minimum Gasteiger partial charge on any atom is -0.389 e. The van der Waals surface area contributed by atoms with Crippen LogP contribution in [0.25, 0.3) is 16.8 Å². The summed E-state index contributed by atoms with van der Waals surface area (Å²) in [7, 11) is 0. The molecule has 2 nitrogen and oxygen atoms in total. The molecule has 2 aliphatic carbocycles. The van der Waals surface area contributed by atoms with Crippen LogP contribution in [0, 0.1) is 10.5 Å². The molecular formula is C33H26BF2IN2. The van der Waals surface area contributed by atoms with Crippen LogP contribution in [-0.2, 0) is 19.3 Å². The van der Waals surface area contributed by atoms with E-state index in [0.29, 0.717) is 22.8 Å². The Morgan fingerprint density at radius 3 is 2.15 bits per heavy atom. The van der Waals surface area contributed by atoms with Gasteiger partial charge in [0.05, 0.1) is 5.57 Å². The molecule has 2 aliphatic heterocycles. The van der Waals surface area contributed by atoms with Crippen molar-refractivity contribution in [1.82, 2.24) is 4.48 Å². The molecule has 4 aromatic rings. The summed E-state index contributed by atoms with van der Waals surface area (Å²) in [5.74, 6) is 0. The highest BCUT2D eigenvalue weighted by Crippen LogP contribution is 2.51. The fourth-order valence-corrected chi connectivity index (χ4v) is 7.89. The van der Waals surface area contributed by atoms with Gasteiger partial charge >= 0.3 is 6.97 Å². The van der Waals surface area contributed by atoms with Crippen LogP contribution >= 0.6 is 22.6 Å². The second kappa shape index (κ2) is 8.13. The Bertz CT molecular complexity index is 1860. The molecule has 0 unspecified atom stereocenters. The van der Waals surface area contributed by atoms with Gasteiger partial charge in [0.2, 0.25) is 0 Å². The van der Waals surface area contributed by atoms with Crippen LogP contribution in [-0.4, -0.2) is 21.6 Å². The molecule has 4 aliphatic rings. The average Bonchev–Trinajstić information content (AvgIpc) is 3.43. The van der Waals surface area contributed by atoms with Crippen molar-refractivity contribution in [3.8, 4) is 11.3 Å². The van der Waals surface area contributed by atoms with Gasteiger partial charge in [-0.15, -0.1) is 0 Å². The molecule has 0 fully saturated rings. The van der Waals surface area contributed by atoms with E-state index in [9.17, 15) is 0 Å². The maximum atomic E-state index is 17.5. The van der Waals surface area contributed by atoms with Crippen molar-refractivity contribution in [3.63, 3.8) is 0 Å². The van der Waals surface area contributed by atoms with Gasteiger partial charge in [-0.05, 0) is 114 Å². The molecule has 0 bridgehead atoms. The molecule has 0 amide bonds. The van der Waals surface area contributed by atoms with E-state index < -0.39 is 6.97 Å². The van der Waals surface area contributed by atoms with E-state index in [1.807, 2.05) is 36.4 Å². The summed E-state index contributed by atoms with van der Waals surface area (Å²) < 4.78 is 39.0. The van der Waals surface area contributed by atoms with Crippen LogP contribution in [0.2, 0.25) is 0 Å². The minimum absolute atomic E-state index is 0.682. The highest BCUT2D eigenvalue weighted by Gasteiger charge is 2.59. The van der Waals surface area contributed by atoms with Crippen molar-refractivity contribution in [2.75, 3.05) is 0 Å². The summed E-state index contributed by atoms with van der Waals surface area (Å²) in [6.45, 7) is -0.0560. The van der Waals surface area contributed by atoms with E-state index in [-0.39, 0.29) is 0 Å². The molecule has 0 atom stereocenters. The smallest absolute Gasteiger partial charge is 0.389 e. The second-order valence-electron chi connectivity index (χ2n) is 11.1. The molecule has 0 N–H and O–H groups in total. The Labute approximate surface area is 240 Å². The molecule has 39 heavy (non-hydrogen) atoms. The van der Waals surface area contributed by atoms with Crippen molar-refractivity contribution in [2.45, 2.75) is 39.5 Å². The lowest BCUT2D eigenvalue weighted by molar-refractivity contribution is -0.362. The summed E-state index contributed by atoms with van der Waals surface area (Å²) >= 11 is 2.31. The first-order valence-electron chi connectivity index (χ1n) is 13.7. The Hall–Kier alpha value is -3.26. The van der Waals surface area contributed by atoms with Gasteiger partial charge in [-0.25, -0.2) is 0 Å². The van der Waals surface area contributed by atoms with E-state index in [1.54, 1.807) is 0 Å². The predicted octanol–water partition coefficient (Wildman–Crippen LogP) is 7.94. The van der Waals surface area contributed by atoms with E-state index in [1.165, 1.54) is 8.96 Å². The normalized spacial score (nSPS) is 18.4. The summed E-state index contributed by atoms with van der Waals surface area (Å²) in [4.78, 5) is 0. The molecule has 8 rings (SSSR count). The number of halogens is 3. The van der Waals surface area contributed by atoms with Crippen LogP contribution in [0.4, 0.5) is 8.63 Å². The minimum atomic E-state index is -4.17. The fraction of sp³-hybridized carbons (Fsp3) is 0.182. The zero-order valence-corrected chi connectivity index (χ0v) is 24.0. The Morgan fingerprint density at radius 2 is 1.41 bits per heavy atom. The molecule has 6 heteroatoms. The molecular weight excluding hydrogens is 600 g/mol. The number of hydrogen-bond donors (Lipinski definition) is 0. The number of allylic oxidation sites excluding steroid dienone is 2. The van der Waals surface area contributed by atoms with E-state index in [0.717, 1.165) is 84.9 Å². The molecule has 0 radical (unpaired) electrons. The molecule has 1 aromatic heterocycles. The Kier molecular flexibility index (Phi) is 4.93. The van der Waals surface area contributed by atoms with Gasteiger partial charge in [-0.1, -0.05) is 54.6 Å². The predicted molar refractivity (Wildman–Crippen MR) is 162 cm³/mol. The summed E-state index contributed by atoms with van der Waals surface area (Å²) in [6, 6.07) is 24.6. The second-order valence-corrected chi connectivity index (χ2v) is 12.4. The summed E-state index contributed by atoms with van der Waals surface area (Å²) in [6.07, 6.45) is 3.30. The summed E-state index contributed by atoms with van der Waals surface area (Å²) in [5.41, 5.74) is 13.0. The van der Waals surface area contributed by atoms with Crippen LogP contribution < -0.4 is 0 Å². The van der Waals surface area contributed by atoms with Crippen molar-refractivity contribution < 1.29 is 13.1 Å². The first-order valence-corrected chi connectivity index (χ1v) is 14.8. The Morgan fingerprint density at radius 1 is 0.769 bits per heavy atom. The number of hydrogen-bond acceptors (Lipinski definition) is 0. The molecule has 3 heterocycles.